The van der Waals surface area contributed by atoms with Gasteiger partial charge in [-0.05, 0) is 31.5 Å². The molecule has 1 aromatic carbocycles. The number of primary amides is 1. The molecule has 0 saturated heterocycles. The van der Waals surface area contributed by atoms with Gasteiger partial charge >= 0.3 is 0 Å². The molecule has 1 heterocycles. The summed E-state index contributed by atoms with van der Waals surface area (Å²) < 4.78 is 18.6. The van der Waals surface area contributed by atoms with Crippen LogP contribution in [0.4, 0.5) is 4.39 Å². The Kier molecular flexibility index (Phi) is 4.32. The van der Waals surface area contributed by atoms with Crippen molar-refractivity contribution in [2.75, 3.05) is 0 Å². The molecule has 0 fully saturated rings. The zero-order chi connectivity index (χ0) is 15.5. The fourth-order valence-electron chi connectivity index (χ4n) is 1.72. The summed E-state index contributed by atoms with van der Waals surface area (Å²) in [6.45, 7) is 3.76. The number of nitrogens with two attached hydrogens (primary N) is 1. The van der Waals surface area contributed by atoms with Gasteiger partial charge in [0.25, 0.3) is 0 Å². The first-order valence-corrected chi connectivity index (χ1v) is 6.58. The van der Waals surface area contributed by atoms with Crippen LogP contribution in [0.3, 0.4) is 0 Å². The molecule has 2 rings (SSSR count). The number of halogens is 1. The lowest BCUT2D eigenvalue weighted by Crippen LogP contribution is -2.52. The van der Waals surface area contributed by atoms with Gasteiger partial charge in [-0.2, -0.15) is 0 Å². The fourth-order valence-corrected chi connectivity index (χ4v) is 1.72. The first-order chi connectivity index (χ1) is 9.94. The summed E-state index contributed by atoms with van der Waals surface area (Å²) in [6.07, 6.45) is 0.535. The summed E-state index contributed by atoms with van der Waals surface area (Å²) in [5.41, 5.74) is 5.01. The van der Waals surface area contributed by atoms with Crippen molar-refractivity contribution in [1.82, 2.24) is 15.5 Å². The molecule has 21 heavy (non-hydrogen) atoms. The van der Waals surface area contributed by atoms with Crippen LogP contribution in [0.2, 0.25) is 0 Å². The van der Waals surface area contributed by atoms with Gasteiger partial charge in [-0.15, -0.1) is 10.2 Å². The smallest absolute Gasteiger partial charge is 0.247 e. The van der Waals surface area contributed by atoms with E-state index in [9.17, 15) is 9.18 Å². The third kappa shape index (κ3) is 3.43. The number of hydrogen-bond acceptors (Lipinski definition) is 5. The summed E-state index contributed by atoms with van der Waals surface area (Å²) in [5, 5.41) is 10.7. The lowest BCUT2D eigenvalue weighted by molar-refractivity contribution is -0.124. The quantitative estimate of drug-likeness (QED) is 0.843. The van der Waals surface area contributed by atoms with Gasteiger partial charge in [0.1, 0.15) is 5.82 Å². The van der Waals surface area contributed by atoms with E-state index >= 15 is 0 Å². The Morgan fingerprint density at radius 1 is 1.48 bits per heavy atom. The molecule has 0 radical (unpaired) electrons. The second-order valence-corrected chi connectivity index (χ2v) is 4.91. The number of aromatic nitrogens is 2. The molecule has 1 aromatic heterocycles. The molecule has 7 heteroatoms. The fraction of sp³-hybridized carbons (Fsp3) is 0.357. The van der Waals surface area contributed by atoms with Crippen molar-refractivity contribution in [1.29, 1.82) is 0 Å². The van der Waals surface area contributed by atoms with Crippen molar-refractivity contribution < 1.29 is 13.6 Å². The average Bonchev–Trinajstić information content (AvgIpc) is 2.93. The molecule has 0 saturated carbocycles. The summed E-state index contributed by atoms with van der Waals surface area (Å²) >= 11 is 0. The predicted octanol–water partition coefficient (Wildman–Crippen LogP) is 1.62. The maximum absolute atomic E-state index is 13.1. The molecule has 1 amide bonds. The molecule has 1 atom stereocenters. The van der Waals surface area contributed by atoms with Gasteiger partial charge in [-0.1, -0.05) is 13.0 Å². The first kappa shape index (κ1) is 15.1. The first-order valence-electron chi connectivity index (χ1n) is 6.58. The summed E-state index contributed by atoms with van der Waals surface area (Å²) in [5.74, 6) is -0.300. The molecular formula is C14H17FN4O2. The number of rotatable bonds is 6. The highest BCUT2D eigenvalue weighted by Gasteiger charge is 2.28. The molecule has 0 spiro atoms. The Hall–Kier alpha value is -2.28. The maximum atomic E-state index is 13.1. The Bertz CT molecular complexity index is 643. The van der Waals surface area contributed by atoms with Crippen LogP contribution in [0.15, 0.2) is 28.7 Å². The number of nitrogens with one attached hydrogen (secondary N) is 1. The van der Waals surface area contributed by atoms with Crippen LogP contribution >= 0.6 is 0 Å². The Morgan fingerprint density at radius 2 is 2.24 bits per heavy atom. The standard InChI is InChI=1S/C14H17FN4O2/c1-3-14(2,13(16)20)17-8-11-18-19-12(21-11)9-5-4-6-10(15)7-9/h4-7,17H,3,8H2,1-2H3,(H2,16,20). The molecule has 0 aliphatic rings. The van der Waals surface area contributed by atoms with Gasteiger partial charge in [0, 0.05) is 5.56 Å². The largest absolute Gasteiger partial charge is 0.419 e. The van der Waals surface area contributed by atoms with Gasteiger partial charge in [-0.3, -0.25) is 10.1 Å². The van der Waals surface area contributed by atoms with E-state index in [1.807, 2.05) is 6.92 Å². The van der Waals surface area contributed by atoms with Crippen LogP contribution in [-0.4, -0.2) is 21.6 Å². The maximum Gasteiger partial charge on any atom is 0.247 e. The normalized spacial score (nSPS) is 13.9. The predicted molar refractivity (Wildman–Crippen MR) is 74.4 cm³/mol. The van der Waals surface area contributed by atoms with Crippen molar-refractivity contribution in [2.45, 2.75) is 32.4 Å². The van der Waals surface area contributed by atoms with Crippen LogP contribution in [-0.2, 0) is 11.3 Å². The lowest BCUT2D eigenvalue weighted by atomic mass is 9.98. The monoisotopic (exact) mass is 292 g/mol. The van der Waals surface area contributed by atoms with E-state index in [1.54, 1.807) is 19.1 Å². The minimum Gasteiger partial charge on any atom is -0.419 e. The van der Waals surface area contributed by atoms with Crippen LogP contribution in [0.1, 0.15) is 26.2 Å². The third-order valence-electron chi connectivity index (χ3n) is 3.42. The molecule has 6 nitrogen and oxygen atoms in total. The van der Waals surface area contributed by atoms with E-state index in [4.69, 9.17) is 10.2 Å². The van der Waals surface area contributed by atoms with Crippen molar-refractivity contribution in [3.63, 3.8) is 0 Å². The zero-order valence-electron chi connectivity index (χ0n) is 11.9. The van der Waals surface area contributed by atoms with Crippen molar-refractivity contribution in [3.8, 4) is 11.5 Å². The molecule has 0 bridgehead atoms. The van der Waals surface area contributed by atoms with E-state index in [0.29, 0.717) is 17.9 Å². The van der Waals surface area contributed by atoms with Gasteiger partial charge in [0.15, 0.2) is 0 Å². The molecule has 0 aliphatic carbocycles. The van der Waals surface area contributed by atoms with Crippen LogP contribution in [0, 0.1) is 5.82 Å². The highest BCUT2D eigenvalue weighted by atomic mass is 19.1. The molecule has 3 N–H and O–H groups in total. The van der Waals surface area contributed by atoms with E-state index in [2.05, 4.69) is 15.5 Å². The van der Waals surface area contributed by atoms with Crippen LogP contribution in [0.5, 0.6) is 0 Å². The second-order valence-electron chi connectivity index (χ2n) is 4.91. The Morgan fingerprint density at radius 3 is 2.86 bits per heavy atom. The SMILES string of the molecule is CCC(C)(NCc1nnc(-c2cccc(F)c2)o1)C(N)=O. The number of benzene rings is 1. The van der Waals surface area contributed by atoms with Crippen LogP contribution in [0.25, 0.3) is 11.5 Å². The highest BCUT2D eigenvalue weighted by Crippen LogP contribution is 2.19. The number of carbonyl (C=O) groups excluding carboxylic acids is 1. The van der Waals surface area contributed by atoms with Crippen molar-refractivity contribution in [3.05, 3.63) is 36.0 Å². The number of carbonyl (C=O) groups is 1. The zero-order valence-corrected chi connectivity index (χ0v) is 11.9. The van der Waals surface area contributed by atoms with E-state index < -0.39 is 11.4 Å². The second kappa shape index (κ2) is 6.01. The van der Waals surface area contributed by atoms with E-state index in [-0.39, 0.29) is 18.3 Å². The average molecular weight is 292 g/mol. The summed E-state index contributed by atoms with van der Waals surface area (Å²) in [7, 11) is 0. The number of amides is 1. The highest BCUT2D eigenvalue weighted by molar-refractivity contribution is 5.84. The van der Waals surface area contributed by atoms with Crippen molar-refractivity contribution >= 4 is 5.91 Å². The molecule has 0 aliphatic heterocycles. The van der Waals surface area contributed by atoms with Gasteiger partial charge < -0.3 is 10.2 Å². The van der Waals surface area contributed by atoms with E-state index in [1.165, 1.54) is 12.1 Å². The Balaban J connectivity index is 2.09. The van der Waals surface area contributed by atoms with Gasteiger partial charge in [0.2, 0.25) is 17.7 Å². The van der Waals surface area contributed by atoms with E-state index in [0.717, 1.165) is 0 Å². The minimum absolute atomic E-state index is 0.204. The topological polar surface area (TPSA) is 94.0 Å². The molecule has 112 valence electrons. The summed E-state index contributed by atoms with van der Waals surface area (Å²) in [4.78, 5) is 11.4. The minimum atomic E-state index is -0.840. The Labute approximate surface area is 121 Å². The third-order valence-corrected chi connectivity index (χ3v) is 3.42. The van der Waals surface area contributed by atoms with Gasteiger partial charge in [0.05, 0.1) is 12.1 Å². The molecule has 1 unspecified atom stereocenters. The lowest BCUT2D eigenvalue weighted by Gasteiger charge is -2.24. The number of nitrogens with zero attached hydrogens (tertiary/aromatic N) is 2. The number of hydrogen-bond donors (Lipinski definition) is 2. The molecule has 2 aromatic rings. The van der Waals surface area contributed by atoms with Crippen LogP contribution < -0.4 is 11.1 Å². The van der Waals surface area contributed by atoms with Gasteiger partial charge in [-0.25, -0.2) is 4.39 Å². The summed E-state index contributed by atoms with van der Waals surface area (Å²) in [6, 6.07) is 5.88. The molecular weight excluding hydrogens is 275 g/mol. The van der Waals surface area contributed by atoms with Crippen molar-refractivity contribution in [2.24, 2.45) is 5.73 Å².